The van der Waals surface area contributed by atoms with Crippen LogP contribution in [0.2, 0.25) is 0 Å². The van der Waals surface area contributed by atoms with E-state index in [1.54, 1.807) is 0 Å². The van der Waals surface area contributed by atoms with Gasteiger partial charge in [0.15, 0.2) is 0 Å². The number of para-hydroxylation sites is 1. The van der Waals surface area contributed by atoms with Gasteiger partial charge in [0.1, 0.15) is 0 Å². The first kappa shape index (κ1) is 19.7. The lowest BCUT2D eigenvalue weighted by molar-refractivity contribution is -0.582. The van der Waals surface area contributed by atoms with E-state index >= 15 is 0 Å². The van der Waals surface area contributed by atoms with Gasteiger partial charge in [0.25, 0.3) is 0 Å². The van der Waals surface area contributed by atoms with Gasteiger partial charge in [-0.25, -0.2) is 0 Å². The number of anilines is 1. The quantitative estimate of drug-likeness (QED) is 0.198. The Labute approximate surface area is 134 Å². The molecule has 0 saturated heterocycles. The molecule has 0 aliphatic heterocycles. The third-order valence-corrected chi connectivity index (χ3v) is 4.92. The molecule has 0 saturated carbocycles. The van der Waals surface area contributed by atoms with Crippen LogP contribution in [0.3, 0.4) is 0 Å². The summed E-state index contributed by atoms with van der Waals surface area (Å²) in [5.41, 5.74) is -1.90. The minimum atomic E-state index is -5.50. The van der Waals surface area contributed by atoms with Crippen molar-refractivity contribution in [1.82, 2.24) is 0 Å². The Balaban J connectivity index is 3.45. The zero-order valence-electron chi connectivity index (χ0n) is 11.6. The number of nitro groups is 1. The zero-order chi connectivity index (χ0) is 18.1. The highest BCUT2D eigenvalue weighted by molar-refractivity contribution is 7.52. The second-order valence-electron chi connectivity index (χ2n) is 4.73. The van der Waals surface area contributed by atoms with Crippen molar-refractivity contribution in [2.75, 3.05) is 11.4 Å². The maximum atomic E-state index is 13.2. The van der Waals surface area contributed by atoms with E-state index < -0.39 is 36.0 Å². The van der Waals surface area contributed by atoms with Gasteiger partial charge in [-0.15, -0.1) is 0 Å². The van der Waals surface area contributed by atoms with E-state index in [1.807, 2.05) is 0 Å². The van der Waals surface area contributed by atoms with Crippen molar-refractivity contribution in [3.63, 3.8) is 0 Å². The maximum absolute atomic E-state index is 13.2. The van der Waals surface area contributed by atoms with Crippen molar-refractivity contribution in [3.8, 4) is 0 Å². The number of rotatable bonds is 6. The molecule has 0 aliphatic rings. The Morgan fingerprint density at radius 1 is 1.35 bits per heavy atom. The fourth-order valence-corrected chi connectivity index (χ4v) is 2.27. The molecule has 0 spiro atoms. The molecule has 0 bridgehead atoms. The Hall–Kier alpha value is -1.35. The van der Waals surface area contributed by atoms with Crippen molar-refractivity contribution < 1.29 is 32.4 Å². The minimum Gasteiger partial charge on any atom is -0.324 e. The molecule has 0 radical (unpaired) electrons. The molecule has 23 heavy (non-hydrogen) atoms. The van der Waals surface area contributed by atoms with Crippen LogP contribution >= 0.6 is 19.2 Å². The molecule has 0 aliphatic carbocycles. The highest BCUT2D eigenvalue weighted by atomic mass is 35.5. The molecule has 1 rings (SSSR count). The topological polar surface area (TPSA) is 104 Å². The third kappa shape index (κ3) is 4.14. The molecule has 130 valence electrons. The van der Waals surface area contributed by atoms with Gasteiger partial charge < -0.3 is 9.79 Å². The summed E-state index contributed by atoms with van der Waals surface area (Å²) in [5, 5.41) is 6.97. The average molecular weight is 377 g/mol. The lowest BCUT2D eigenvalue weighted by atomic mass is 10.2. The van der Waals surface area contributed by atoms with Crippen molar-refractivity contribution in [1.29, 1.82) is 0 Å². The highest BCUT2D eigenvalue weighted by Gasteiger charge is 2.70. The summed E-state index contributed by atoms with van der Waals surface area (Å²) in [5.74, 6) is 0. The van der Waals surface area contributed by atoms with Crippen molar-refractivity contribution in [2.45, 2.75) is 23.9 Å². The van der Waals surface area contributed by atoms with Gasteiger partial charge in [-0.05, 0) is 30.7 Å². The molecule has 2 atom stereocenters. The fraction of sp³-hybridized carbons (Fsp3) is 0.455. The van der Waals surface area contributed by atoms with Gasteiger partial charge in [-0.1, -0.05) is 18.2 Å². The predicted octanol–water partition coefficient (Wildman–Crippen LogP) is 2.79. The van der Waals surface area contributed by atoms with Crippen molar-refractivity contribution in [3.05, 3.63) is 40.4 Å². The lowest BCUT2D eigenvalue weighted by Gasteiger charge is -2.35. The maximum Gasteiger partial charge on any atom is 0.500 e. The van der Waals surface area contributed by atoms with E-state index in [-0.39, 0.29) is 10.6 Å². The minimum absolute atomic E-state index is 0.123. The number of halogens is 4. The Morgan fingerprint density at radius 2 is 1.83 bits per heavy atom. The lowest BCUT2D eigenvalue weighted by Crippen LogP contribution is -2.61. The van der Waals surface area contributed by atoms with Crippen LogP contribution in [-0.4, -0.2) is 38.2 Å². The Bertz CT molecular complexity index is 611. The Morgan fingerprint density at radius 3 is 2.17 bits per heavy atom. The van der Waals surface area contributed by atoms with Gasteiger partial charge in [0.05, 0.1) is 10.6 Å². The first-order chi connectivity index (χ1) is 10.3. The number of alkyl halides is 4. The number of nitrogens with zero attached hydrogens (tertiary/aromatic N) is 2. The van der Waals surface area contributed by atoms with Crippen LogP contribution in [0.1, 0.15) is 6.92 Å². The number of benzene rings is 1. The molecule has 0 aromatic heterocycles. The molecule has 1 aromatic carbocycles. The molecule has 0 heterocycles. The van der Waals surface area contributed by atoms with Gasteiger partial charge >= 0.3 is 18.9 Å². The molecule has 12 heteroatoms. The van der Waals surface area contributed by atoms with E-state index in [9.17, 15) is 27.9 Å². The van der Waals surface area contributed by atoms with Crippen LogP contribution in [0.15, 0.2) is 30.3 Å². The SMILES string of the molecule is CC(CN(c1ccccc1)C(Cl)([N+](=O)[O-])C(F)(F)F)P(=O)(O)O. The first-order valence-electron chi connectivity index (χ1n) is 6.10. The predicted molar refractivity (Wildman–Crippen MR) is 76.9 cm³/mol. The van der Waals surface area contributed by atoms with Crippen LogP contribution < -0.4 is 4.90 Å². The van der Waals surface area contributed by atoms with Gasteiger partial charge in [0, 0.05) is 12.2 Å². The van der Waals surface area contributed by atoms with E-state index in [1.165, 1.54) is 18.2 Å². The second-order valence-corrected chi connectivity index (χ2v) is 7.31. The van der Waals surface area contributed by atoms with Crippen LogP contribution in [0.4, 0.5) is 18.9 Å². The first-order valence-corrected chi connectivity index (χ1v) is 8.15. The van der Waals surface area contributed by atoms with Crippen LogP contribution in [-0.2, 0) is 4.57 Å². The third-order valence-electron chi connectivity index (χ3n) is 3.05. The normalized spacial score (nSPS) is 16.5. The summed E-state index contributed by atoms with van der Waals surface area (Å²) in [4.78, 5) is 27.6. The summed E-state index contributed by atoms with van der Waals surface area (Å²) in [6.07, 6.45) is -5.50. The molecule has 1 aromatic rings. The number of hydrogen-bond acceptors (Lipinski definition) is 4. The van der Waals surface area contributed by atoms with Gasteiger partial charge in [-0.2, -0.15) is 13.2 Å². The van der Waals surface area contributed by atoms with E-state index in [0.29, 0.717) is 0 Å². The van der Waals surface area contributed by atoms with Crippen LogP contribution in [0.25, 0.3) is 0 Å². The monoisotopic (exact) mass is 376 g/mol. The largest absolute Gasteiger partial charge is 0.500 e. The molecular weight excluding hydrogens is 364 g/mol. The standard InChI is InChI=1S/C11H13ClF3N2O5P/c1-8(23(20,21)22)7-16(9-5-3-2-4-6-9)10(12,17(18)19)11(13,14)15/h2-6,8H,7H2,1H3,(H2,20,21,22). The summed E-state index contributed by atoms with van der Waals surface area (Å²) in [7, 11) is -4.77. The fourth-order valence-electron chi connectivity index (χ4n) is 1.73. The Kier molecular flexibility index (Phi) is 5.69. The van der Waals surface area contributed by atoms with Gasteiger partial charge in [0.2, 0.25) is 0 Å². The average Bonchev–Trinajstić information content (AvgIpc) is 2.42. The van der Waals surface area contributed by atoms with Crippen molar-refractivity contribution in [2.24, 2.45) is 0 Å². The summed E-state index contributed by atoms with van der Waals surface area (Å²) in [6, 6.07) is 6.34. The number of hydrogen-bond donors (Lipinski definition) is 2. The molecule has 7 nitrogen and oxygen atoms in total. The molecule has 2 unspecified atom stereocenters. The summed E-state index contributed by atoms with van der Waals surface area (Å²) < 4.78 is 50.9. The summed E-state index contributed by atoms with van der Waals surface area (Å²) >= 11 is 5.29. The summed E-state index contributed by atoms with van der Waals surface area (Å²) in [6.45, 7) is 0.00261. The highest BCUT2D eigenvalue weighted by Crippen LogP contribution is 2.46. The van der Waals surface area contributed by atoms with E-state index in [2.05, 4.69) is 0 Å². The molecular formula is C11H13ClF3N2O5P. The molecule has 0 amide bonds. The van der Waals surface area contributed by atoms with Crippen molar-refractivity contribution >= 4 is 24.9 Å². The van der Waals surface area contributed by atoms with Crippen LogP contribution in [0.5, 0.6) is 0 Å². The zero-order valence-corrected chi connectivity index (χ0v) is 13.3. The smallest absolute Gasteiger partial charge is 0.324 e. The van der Waals surface area contributed by atoms with E-state index in [4.69, 9.17) is 21.4 Å². The van der Waals surface area contributed by atoms with Crippen LogP contribution in [0, 0.1) is 10.1 Å². The van der Waals surface area contributed by atoms with Gasteiger partial charge in [-0.3, -0.25) is 19.6 Å². The van der Waals surface area contributed by atoms with E-state index in [0.717, 1.165) is 19.1 Å². The molecule has 2 N–H and O–H groups in total. The second kappa shape index (κ2) is 6.64. The molecule has 0 fully saturated rings.